The molecule has 0 amide bonds. The third-order valence-electron chi connectivity index (χ3n) is 4.34. The number of rotatable bonds is 3. The van der Waals surface area contributed by atoms with Crippen LogP contribution >= 0.6 is 0 Å². The molecular weight excluding hydrogens is 338 g/mol. The standard InChI is InChI=1S/C22H17N3O2/c1-15-24-20-8-4-3-7-19(20)22(27)25(15)18-12-10-17(11-13-18)23-14-16-6-2-5-9-21(16)26/h2-14,26H,1H3. The van der Waals surface area contributed by atoms with Gasteiger partial charge in [-0.15, -0.1) is 0 Å². The lowest BCUT2D eigenvalue weighted by atomic mass is 10.2. The summed E-state index contributed by atoms with van der Waals surface area (Å²) in [4.78, 5) is 21.8. The van der Waals surface area contributed by atoms with Crippen LogP contribution in [0.5, 0.6) is 5.75 Å². The molecule has 1 heterocycles. The molecule has 27 heavy (non-hydrogen) atoms. The summed E-state index contributed by atoms with van der Waals surface area (Å²) in [6.07, 6.45) is 1.61. The molecule has 0 radical (unpaired) electrons. The second-order valence-electron chi connectivity index (χ2n) is 6.15. The molecule has 0 bridgehead atoms. The Morgan fingerprint density at radius 3 is 2.44 bits per heavy atom. The van der Waals surface area contributed by atoms with Gasteiger partial charge in [-0.25, -0.2) is 4.98 Å². The number of aromatic hydroxyl groups is 1. The summed E-state index contributed by atoms with van der Waals surface area (Å²) in [5.41, 5.74) is 2.70. The van der Waals surface area contributed by atoms with Gasteiger partial charge in [0.15, 0.2) is 0 Å². The number of nitrogens with zero attached hydrogens (tertiary/aromatic N) is 3. The van der Waals surface area contributed by atoms with Gasteiger partial charge in [0.05, 0.1) is 22.3 Å². The molecule has 0 aliphatic heterocycles. The maximum absolute atomic E-state index is 12.8. The van der Waals surface area contributed by atoms with Gasteiger partial charge in [0, 0.05) is 11.8 Å². The fourth-order valence-corrected chi connectivity index (χ4v) is 2.98. The van der Waals surface area contributed by atoms with Crippen LogP contribution in [0.3, 0.4) is 0 Å². The molecule has 5 heteroatoms. The van der Waals surface area contributed by atoms with E-state index in [0.29, 0.717) is 22.3 Å². The summed E-state index contributed by atoms with van der Waals surface area (Å²) in [5.74, 6) is 0.812. The van der Waals surface area contributed by atoms with Crippen molar-refractivity contribution in [2.45, 2.75) is 6.92 Å². The lowest BCUT2D eigenvalue weighted by Crippen LogP contribution is -2.22. The number of aromatic nitrogens is 2. The molecule has 1 aromatic heterocycles. The molecule has 132 valence electrons. The number of fused-ring (bicyclic) bond motifs is 1. The first-order valence-electron chi connectivity index (χ1n) is 8.54. The Morgan fingerprint density at radius 2 is 1.67 bits per heavy atom. The minimum atomic E-state index is -0.0939. The minimum Gasteiger partial charge on any atom is -0.507 e. The molecule has 0 saturated heterocycles. The van der Waals surface area contributed by atoms with Crippen LogP contribution in [0.15, 0.2) is 82.6 Å². The van der Waals surface area contributed by atoms with Gasteiger partial charge in [-0.3, -0.25) is 14.4 Å². The van der Waals surface area contributed by atoms with Crippen molar-refractivity contribution in [2.75, 3.05) is 0 Å². The van der Waals surface area contributed by atoms with Gasteiger partial charge < -0.3 is 5.11 Å². The third kappa shape index (κ3) is 3.22. The predicted molar refractivity (Wildman–Crippen MR) is 107 cm³/mol. The molecule has 0 saturated carbocycles. The fourth-order valence-electron chi connectivity index (χ4n) is 2.98. The Kier molecular flexibility index (Phi) is 4.26. The summed E-state index contributed by atoms with van der Waals surface area (Å²) in [6, 6.07) is 21.7. The second kappa shape index (κ2) is 6.88. The number of para-hydroxylation sites is 2. The third-order valence-corrected chi connectivity index (χ3v) is 4.34. The zero-order valence-electron chi connectivity index (χ0n) is 14.7. The van der Waals surface area contributed by atoms with Gasteiger partial charge in [-0.2, -0.15) is 0 Å². The Balaban J connectivity index is 1.70. The molecule has 0 fully saturated rings. The Bertz CT molecular complexity index is 1210. The van der Waals surface area contributed by atoms with Gasteiger partial charge in [0.25, 0.3) is 5.56 Å². The van der Waals surface area contributed by atoms with Crippen molar-refractivity contribution in [2.24, 2.45) is 4.99 Å². The number of aryl methyl sites for hydroxylation is 1. The Hall–Kier alpha value is -3.73. The van der Waals surface area contributed by atoms with Gasteiger partial charge in [0.2, 0.25) is 0 Å². The van der Waals surface area contributed by atoms with Crippen LogP contribution in [0.4, 0.5) is 5.69 Å². The number of phenolic OH excluding ortho intramolecular Hbond substituents is 1. The molecule has 5 nitrogen and oxygen atoms in total. The highest BCUT2D eigenvalue weighted by molar-refractivity contribution is 5.85. The predicted octanol–water partition coefficient (Wildman–Crippen LogP) is 4.15. The Labute approximate surface area is 155 Å². The van der Waals surface area contributed by atoms with Gasteiger partial charge >= 0.3 is 0 Å². The molecule has 4 rings (SSSR count). The molecule has 0 spiro atoms. The molecule has 4 aromatic rings. The summed E-state index contributed by atoms with van der Waals surface area (Å²) >= 11 is 0. The number of hydrogen-bond acceptors (Lipinski definition) is 4. The molecule has 0 aliphatic rings. The monoisotopic (exact) mass is 355 g/mol. The van der Waals surface area contributed by atoms with Crippen LogP contribution in [0.1, 0.15) is 11.4 Å². The smallest absolute Gasteiger partial charge is 0.265 e. The van der Waals surface area contributed by atoms with E-state index in [4.69, 9.17) is 0 Å². The normalized spacial score (nSPS) is 11.3. The molecular formula is C22H17N3O2. The van der Waals surface area contributed by atoms with Gasteiger partial charge in [-0.1, -0.05) is 24.3 Å². The van der Waals surface area contributed by atoms with Crippen molar-refractivity contribution in [3.8, 4) is 11.4 Å². The van der Waals surface area contributed by atoms with E-state index in [1.165, 1.54) is 0 Å². The first-order chi connectivity index (χ1) is 13.1. The largest absolute Gasteiger partial charge is 0.507 e. The van der Waals surface area contributed by atoms with Crippen LogP contribution in [-0.4, -0.2) is 20.9 Å². The average molecular weight is 355 g/mol. The zero-order chi connectivity index (χ0) is 18.8. The topological polar surface area (TPSA) is 67.5 Å². The van der Waals surface area contributed by atoms with Crippen molar-refractivity contribution in [3.05, 3.63) is 94.5 Å². The molecule has 0 unspecified atom stereocenters. The van der Waals surface area contributed by atoms with E-state index < -0.39 is 0 Å². The highest BCUT2D eigenvalue weighted by Crippen LogP contribution is 2.19. The lowest BCUT2D eigenvalue weighted by molar-refractivity contribution is 0.474. The van der Waals surface area contributed by atoms with Crippen molar-refractivity contribution >= 4 is 22.8 Å². The van der Waals surface area contributed by atoms with E-state index in [1.807, 2.05) is 55.5 Å². The van der Waals surface area contributed by atoms with E-state index in [1.54, 1.807) is 35.0 Å². The quantitative estimate of drug-likeness (QED) is 0.561. The number of benzene rings is 3. The van der Waals surface area contributed by atoms with E-state index in [-0.39, 0.29) is 11.3 Å². The summed E-state index contributed by atoms with van der Waals surface area (Å²) in [7, 11) is 0. The van der Waals surface area contributed by atoms with Crippen LogP contribution < -0.4 is 5.56 Å². The van der Waals surface area contributed by atoms with Gasteiger partial charge in [0.1, 0.15) is 11.6 Å². The highest BCUT2D eigenvalue weighted by atomic mass is 16.3. The van der Waals surface area contributed by atoms with Crippen LogP contribution in [-0.2, 0) is 0 Å². The second-order valence-corrected chi connectivity index (χ2v) is 6.15. The average Bonchev–Trinajstić information content (AvgIpc) is 2.68. The maximum atomic E-state index is 12.8. The lowest BCUT2D eigenvalue weighted by Gasteiger charge is -2.11. The van der Waals surface area contributed by atoms with Crippen molar-refractivity contribution in [1.82, 2.24) is 9.55 Å². The van der Waals surface area contributed by atoms with Crippen LogP contribution in [0, 0.1) is 6.92 Å². The van der Waals surface area contributed by atoms with Crippen molar-refractivity contribution in [1.29, 1.82) is 0 Å². The molecule has 0 aliphatic carbocycles. The minimum absolute atomic E-state index is 0.0939. The summed E-state index contributed by atoms with van der Waals surface area (Å²) < 4.78 is 1.60. The summed E-state index contributed by atoms with van der Waals surface area (Å²) in [5, 5.41) is 10.4. The molecule has 1 N–H and O–H groups in total. The fraction of sp³-hybridized carbons (Fsp3) is 0.0455. The van der Waals surface area contributed by atoms with Gasteiger partial charge in [-0.05, 0) is 55.5 Å². The Morgan fingerprint density at radius 1 is 0.963 bits per heavy atom. The zero-order valence-corrected chi connectivity index (χ0v) is 14.7. The summed E-state index contributed by atoms with van der Waals surface area (Å²) in [6.45, 7) is 1.82. The first-order valence-corrected chi connectivity index (χ1v) is 8.54. The maximum Gasteiger partial charge on any atom is 0.265 e. The van der Waals surface area contributed by atoms with E-state index >= 15 is 0 Å². The SMILES string of the molecule is Cc1nc2ccccc2c(=O)n1-c1ccc(N=Cc2ccccc2O)cc1. The van der Waals surface area contributed by atoms with Crippen LogP contribution in [0.25, 0.3) is 16.6 Å². The highest BCUT2D eigenvalue weighted by Gasteiger charge is 2.09. The van der Waals surface area contributed by atoms with E-state index in [0.717, 1.165) is 11.4 Å². The van der Waals surface area contributed by atoms with Crippen molar-refractivity contribution in [3.63, 3.8) is 0 Å². The molecule has 3 aromatic carbocycles. The number of phenols is 1. The first kappa shape index (κ1) is 16.7. The molecule has 0 atom stereocenters. The van der Waals surface area contributed by atoms with E-state index in [2.05, 4.69) is 9.98 Å². The number of hydrogen-bond donors (Lipinski definition) is 1. The van der Waals surface area contributed by atoms with Crippen LogP contribution in [0.2, 0.25) is 0 Å². The number of aliphatic imine (C=N–C) groups is 1. The van der Waals surface area contributed by atoms with Crippen molar-refractivity contribution < 1.29 is 5.11 Å². The van der Waals surface area contributed by atoms with E-state index in [9.17, 15) is 9.90 Å².